The summed E-state index contributed by atoms with van der Waals surface area (Å²) in [5, 5.41) is 0. The quantitative estimate of drug-likeness (QED) is 0.602. The van der Waals surface area contributed by atoms with Gasteiger partial charge in [-0.1, -0.05) is 35.9 Å². The van der Waals surface area contributed by atoms with Gasteiger partial charge in [-0.05, 0) is 24.6 Å². The van der Waals surface area contributed by atoms with Crippen LogP contribution in [0.2, 0.25) is 0 Å². The van der Waals surface area contributed by atoms with Gasteiger partial charge in [0.15, 0.2) is 0 Å². The van der Waals surface area contributed by atoms with Gasteiger partial charge in [0.05, 0.1) is 24.5 Å². The molecule has 1 aromatic heterocycles. The molecule has 5 rings (SSSR count). The first-order chi connectivity index (χ1) is 15.6. The van der Waals surface area contributed by atoms with Crippen molar-refractivity contribution >= 4 is 5.95 Å². The average molecular weight is 435 g/mol. The molecule has 6 nitrogen and oxygen atoms in total. The number of morpholine rings is 1. The standard InChI is InChI=1S/C25H27FN4O2/c1-18-5-7-19(8-6-18)16-29-10-9-23-22(17-29)24(32-21-4-2-3-20(26)15-21)28-25(27-23)30-11-13-31-14-12-30/h2-8,15H,9-14,16-17H2,1H3. The highest BCUT2D eigenvalue weighted by Gasteiger charge is 2.26. The molecule has 7 heteroatoms. The Labute approximate surface area is 187 Å². The molecule has 3 heterocycles. The van der Waals surface area contributed by atoms with Gasteiger partial charge in [0.1, 0.15) is 11.6 Å². The molecule has 0 amide bonds. The molecule has 0 atom stereocenters. The van der Waals surface area contributed by atoms with Crippen LogP contribution < -0.4 is 9.64 Å². The van der Waals surface area contributed by atoms with Crippen LogP contribution >= 0.6 is 0 Å². The topological polar surface area (TPSA) is 50.7 Å². The third-order valence-corrected chi connectivity index (χ3v) is 5.92. The second-order valence-electron chi connectivity index (χ2n) is 8.36. The lowest BCUT2D eigenvalue weighted by molar-refractivity contribution is 0.122. The fourth-order valence-electron chi connectivity index (χ4n) is 4.15. The van der Waals surface area contributed by atoms with E-state index in [1.807, 2.05) is 0 Å². The predicted octanol–water partition coefficient (Wildman–Crippen LogP) is 4.11. The van der Waals surface area contributed by atoms with Crippen molar-refractivity contribution in [3.8, 4) is 11.6 Å². The van der Waals surface area contributed by atoms with E-state index < -0.39 is 0 Å². The Morgan fingerprint density at radius 2 is 1.84 bits per heavy atom. The number of nitrogens with zero attached hydrogens (tertiary/aromatic N) is 4. The molecule has 3 aromatic rings. The maximum Gasteiger partial charge on any atom is 0.229 e. The Bertz CT molecular complexity index is 1080. The molecule has 2 aliphatic heterocycles. The molecule has 0 unspecified atom stereocenters. The molecular formula is C25H27FN4O2. The van der Waals surface area contributed by atoms with Crippen molar-refractivity contribution < 1.29 is 13.9 Å². The molecule has 0 bridgehead atoms. The summed E-state index contributed by atoms with van der Waals surface area (Å²) >= 11 is 0. The third kappa shape index (κ3) is 4.74. The number of aryl methyl sites for hydroxylation is 1. The van der Waals surface area contributed by atoms with Crippen LogP contribution in [0.25, 0.3) is 0 Å². The maximum absolute atomic E-state index is 13.8. The number of hydrogen-bond donors (Lipinski definition) is 0. The van der Waals surface area contributed by atoms with E-state index in [2.05, 4.69) is 41.0 Å². The highest BCUT2D eigenvalue weighted by Crippen LogP contribution is 2.32. The van der Waals surface area contributed by atoms with E-state index in [4.69, 9.17) is 19.4 Å². The van der Waals surface area contributed by atoms with Crippen molar-refractivity contribution in [2.24, 2.45) is 0 Å². The Balaban J connectivity index is 1.44. The van der Waals surface area contributed by atoms with Gasteiger partial charge in [-0.3, -0.25) is 4.90 Å². The smallest absolute Gasteiger partial charge is 0.229 e. The van der Waals surface area contributed by atoms with Crippen LogP contribution in [0.1, 0.15) is 22.4 Å². The summed E-state index contributed by atoms with van der Waals surface area (Å²) in [5.74, 6) is 1.27. The van der Waals surface area contributed by atoms with Crippen molar-refractivity contribution in [3.63, 3.8) is 0 Å². The lowest BCUT2D eigenvalue weighted by Crippen LogP contribution is -2.38. The largest absolute Gasteiger partial charge is 0.438 e. The lowest BCUT2D eigenvalue weighted by Gasteiger charge is -2.32. The van der Waals surface area contributed by atoms with Crippen LogP contribution in [0.15, 0.2) is 48.5 Å². The molecule has 166 valence electrons. The molecule has 0 saturated carbocycles. The van der Waals surface area contributed by atoms with Crippen molar-refractivity contribution in [1.82, 2.24) is 14.9 Å². The summed E-state index contributed by atoms with van der Waals surface area (Å²) in [5.41, 5.74) is 4.52. The van der Waals surface area contributed by atoms with E-state index >= 15 is 0 Å². The number of halogens is 1. The second-order valence-corrected chi connectivity index (χ2v) is 8.36. The summed E-state index contributed by atoms with van der Waals surface area (Å²) in [7, 11) is 0. The molecule has 0 aliphatic carbocycles. The number of hydrogen-bond acceptors (Lipinski definition) is 6. The predicted molar refractivity (Wildman–Crippen MR) is 121 cm³/mol. The van der Waals surface area contributed by atoms with Crippen molar-refractivity contribution in [1.29, 1.82) is 0 Å². The highest BCUT2D eigenvalue weighted by molar-refractivity contribution is 5.44. The molecule has 1 saturated heterocycles. The molecule has 32 heavy (non-hydrogen) atoms. The Kier molecular flexibility index (Phi) is 6.01. The maximum atomic E-state index is 13.8. The Hall–Kier alpha value is -3.03. The lowest BCUT2D eigenvalue weighted by atomic mass is 10.1. The zero-order chi connectivity index (χ0) is 21.9. The monoisotopic (exact) mass is 434 g/mol. The summed E-state index contributed by atoms with van der Waals surface area (Å²) < 4.78 is 25.4. The number of rotatable bonds is 5. The van der Waals surface area contributed by atoms with Gasteiger partial charge in [0, 0.05) is 45.2 Å². The van der Waals surface area contributed by atoms with Crippen molar-refractivity contribution in [2.75, 3.05) is 37.7 Å². The van der Waals surface area contributed by atoms with Gasteiger partial charge >= 0.3 is 0 Å². The second kappa shape index (κ2) is 9.22. The van der Waals surface area contributed by atoms with Gasteiger partial charge in [-0.15, -0.1) is 0 Å². The van der Waals surface area contributed by atoms with E-state index in [1.54, 1.807) is 12.1 Å². The molecule has 0 spiro atoms. The van der Waals surface area contributed by atoms with Crippen molar-refractivity contribution in [2.45, 2.75) is 26.4 Å². The van der Waals surface area contributed by atoms with E-state index in [0.29, 0.717) is 37.3 Å². The third-order valence-electron chi connectivity index (χ3n) is 5.92. The highest BCUT2D eigenvalue weighted by atomic mass is 19.1. The first-order valence-electron chi connectivity index (χ1n) is 11.1. The van der Waals surface area contributed by atoms with Crippen LogP contribution in [-0.4, -0.2) is 47.7 Å². The van der Waals surface area contributed by atoms with E-state index in [-0.39, 0.29) is 5.82 Å². The van der Waals surface area contributed by atoms with Crippen LogP contribution in [0.3, 0.4) is 0 Å². The molecule has 2 aliphatic rings. The molecule has 0 N–H and O–H groups in total. The first-order valence-corrected chi connectivity index (χ1v) is 11.1. The van der Waals surface area contributed by atoms with Gasteiger partial charge < -0.3 is 14.4 Å². The minimum atomic E-state index is -0.333. The van der Waals surface area contributed by atoms with E-state index in [9.17, 15) is 4.39 Å². The van der Waals surface area contributed by atoms with Crippen molar-refractivity contribution in [3.05, 3.63) is 76.7 Å². The Morgan fingerprint density at radius 1 is 1.03 bits per heavy atom. The van der Waals surface area contributed by atoms with E-state index in [1.165, 1.54) is 23.3 Å². The molecule has 0 radical (unpaired) electrons. The molecule has 1 fully saturated rings. The SMILES string of the molecule is Cc1ccc(CN2CCc3nc(N4CCOCC4)nc(Oc4cccc(F)c4)c3C2)cc1. The zero-order valence-corrected chi connectivity index (χ0v) is 18.3. The molecule has 2 aromatic carbocycles. The number of ether oxygens (including phenoxy) is 2. The van der Waals surface area contributed by atoms with Gasteiger partial charge in [0.25, 0.3) is 0 Å². The first kappa shape index (κ1) is 20.8. The van der Waals surface area contributed by atoms with Crippen LogP contribution in [0.4, 0.5) is 10.3 Å². The number of aromatic nitrogens is 2. The summed E-state index contributed by atoms with van der Waals surface area (Å²) in [6.45, 7) is 7.37. The summed E-state index contributed by atoms with van der Waals surface area (Å²) in [4.78, 5) is 14.2. The fourth-order valence-corrected chi connectivity index (χ4v) is 4.15. The Morgan fingerprint density at radius 3 is 2.62 bits per heavy atom. The average Bonchev–Trinajstić information content (AvgIpc) is 2.81. The number of anilines is 1. The van der Waals surface area contributed by atoms with Crippen LogP contribution in [-0.2, 0) is 24.2 Å². The number of benzene rings is 2. The van der Waals surface area contributed by atoms with E-state index in [0.717, 1.165) is 43.9 Å². The zero-order valence-electron chi connectivity index (χ0n) is 18.3. The minimum Gasteiger partial charge on any atom is -0.438 e. The summed E-state index contributed by atoms with van der Waals surface area (Å²) in [6, 6.07) is 14.8. The summed E-state index contributed by atoms with van der Waals surface area (Å²) in [6.07, 6.45) is 0.820. The number of fused-ring (bicyclic) bond motifs is 1. The van der Waals surface area contributed by atoms with Gasteiger partial charge in [-0.25, -0.2) is 9.37 Å². The van der Waals surface area contributed by atoms with Crippen LogP contribution in [0, 0.1) is 12.7 Å². The van der Waals surface area contributed by atoms with Gasteiger partial charge in [0.2, 0.25) is 11.8 Å². The normalized spacial score (nSPS) is 16.6. The van der Waals surface area contributed by atoms with Crippen LogP contribution in [0.5, 0.6) is 11.6 Å². The fraction of sp³-hybridized carbons (Fsp3) is 0.360. The molecular weight excluding hydrogens is 407 g/mol. The minimum absolute atomic E-state index is 0.333. The van der Waals surface area contributed by atoms with Gasteiger partial charge in [-0.2, -0.15) is 4.98 Å².